The fourth-order valence-electron chi connectivity index (χ4n) is 1.63. The minimum atomic E-state index is -0.0584. The Balaban J connectivity index is 2.09. The van der Waals surface area contributed by atoms with Gasteiger partial charge in [-0.2, -0.15) is 11.3 Å². The minimum absolute atomic E-state index is 0.0300. The first kappa shape index (κ1) is 12.4. The van der Waals surface area contributed by atoms with Crippen LogP contribution in [0.15, 0.2) is 33.6 Å². The zero-order valence-corrected chi connectivity index (χ0v) is 12.0. The molecule has 0 saturated carbocycles. The first-order valence-corrected chi connectivity index (χ1v) is 6.96. The molecule has 0 aliphatic heterocycles. The van der Waals surface area contributed by atoms with Crippen LogP contribution in [0.25, 0.3) is 0 Å². The third-order valence-corrected chi connectivity index (χ3v) is 3.73. The SMILES string of the molecule is CC(NC(=O)c1cc(Br)cn1C)c1ccsc1. The highest BCUT2D eigenvalue weighted by atomic mass is 79.9. The Morgan fingerprint density at radius 1 is 1.59 bits per heavy atom. The second-order valence-electron chi connectivity index (χ2n) is 3.91. The Hall–Kier alpha value is -1.07. The largest absolute Gasteiger partial charge is 0.345 e. The molecule has 0 aromatic carbocycles. The third kappa shape index (κ3) is 2.79. The predicted molar refractivity (Wildman–Crippen MR) is 73.3 cm³/mol. The molecule has 0 saturated heterocycles. The van der Waals surface area contributed by atoms with Crippen molar-refractivity contribution in [3.05, 3.63) is 44.8 Å². The van der Waals surface area contributed by atoms with Crippen LogP contribution < -0.4 is 5.32 Å². The van der Waals surface area contributed by atoms with Gasteiger partial charge in [0.2, 0.25) is 0 Å². The molecule has 0 spiro atoms. The van der Waals surface area contributed by atoms with Crippen molar-refractivity contribution >= 4 is 33.2 Å². The van der Waals surface area contributed by atoms with E-state index in [2.05, 4.69) is 21.2 Å². The number of aryl methyl sites for hydroxylation is 1. The second kappa shape index (κ2) is 5.06. The number of amides is 1. The molecule has 90 valence electrons. The normalized spacial score (nSPS) is 12.4. The van der Waals surface area contributed by atoms with Gasteiger partial charge in [-0.3, -0.25) is 4.79 Å². The van der Waals surface area contributed by atoms with E-state index in [0.29, 0.717) is 5.69 Å². The summed E-state index contributed by atoms with van der Waals surface area (Å²) in [6, 6.07) is 3.87. The number of nitrogens with zero attached hydrogens (tertiary/aromatic N) is 1. The van der Waals surface area contributed by atoms with Crippen LogP contribution in [-0.2, 0) is 7.05 Å². The Morgan fingerprint density at radius 2 is 2.35 bits per heavy atom. The van der Waals surface area contributed by atoms with Gasteiger partial charge in [-0.15, -0.1) is 0 Å². The molecule has 1 amide bonds. The molecule has 0 aliphatic carbocycles. The summed E-state index contributed by atoms with van der Waals surface area (Å²) in [5, 5.41) is 7.04. The topological polar surface area (TPSA) is 34.0 Å². The maximum absolute atomic E-state index is 12.0. The van der Waals surface area contributed by atoms with Crippen molar-refractivity contribution in [3.8, 4) is 0 Å². The van der Waals surface area contributed by atoms with Crippen molar-refractivity contribution in [1.29, 1.82) is 0 Å². The van der Waals surface area contributed by atoms with Crippen LogP contribution in [0.3, 0.4) is 0 Å². The number of thiophene rings is 1. The van der Waals surface area contributed by atoms with Crippen LogP contribution >= 0.6 is 27.3 Å². The fourth-order valence-corrected chi connectivity index (χ4v) is 2.90. The molecule has 17 heavy (non-hydrogen) atoms. The van der Waals surface area contributed by atoms with Crippen LogP contribution in [0, 0.1) is 0 Å². The quantitative estimate of drug-likeness (QED) is 0.926. The summed E-state index contributed by atoms with van der Waals surface area (Å²) >= 11 is 4.99. The first-order valence-electron chi connectivity index (χ1n) is 5.22. The van der Waals surface area contributed by atoms with Gasteiger partial charge in [-0.05, 0) is 51.3 Å². The third-order valence-electron chi connectivity index (χ3n) is 2.59. The average Bonchev–Trinajstić information content (AvgIpc) is 2.87. The summed E-state index contributed by atoms with van der Waals surface area (Å²) in [6.07, 6.45) is 1.87. The van der Waals surface area contributed by atoms with E-state index in [1.165, 1.54) is 0 Å². The molecule has 2 aromatic heterocycles. The number of halogens is 1. The van der Waals surface area contributed by atoms with Crippen molar-refractivity contribution < 1.29 is 4.79 Å². The lowest BCUT2D eigenvalue weighted by Crippen LogP contribution is -2.27. The Kier molecular flexibility index (Phi) is 3.69. The van der Waals surface area contributed by atoms with Crippen molar-refractivity contribution in [1.82, 2.24) is 9.88 Å². The lowest BCUT2D eigenvalue weighted by Gasteiger charge is -2.12. The number of rotatable bonds is 3. The monoisotopic (exact) mass is 312 g/mol. The van der Waals surface area contributed by atoms with Gasteiger partial charge in [0, 0.05) is 17.7 Å². The van der Waals surface area contributed by atoms with Gasteiger partial charge >= 0.3 is 0 Å². The molecule has 2 heterocycles. The molecule has 0 aliphatic rings. The van der Waals surface area contributed by atoms with E-state index in [1.54, 1.807) is 15.9 Å². The van der Waals surface area contributed by atoms with E-state index in [0.717, 1.165) is 10.0 Å². The Labute approximate surface area is 113 Å². The van der Waals surface area contributed by atoms with Gasteiger partial charge in [-0.1, -0.05) is 0 Å². The summed E-state index contributed by atoms with van der Waals surface area (Å²) in [7, 11) is 1.86. The highest BCUT2D eigenvalue weighted by molar-refractivity contribution is 9.10. The van der Waals surface area contributed by atoms with Crippen LogP contribution in [0.4, 0.5) is 0 Å². The number of nitrogens with one attached hydrogen (secondary N) is 1. The smallest absolute Gasteiger partial charge is 0.268 e. The summed E-state index contributed by atoms with van der Waals surface area (Å²) in [5.74, 6) is -0.0584. The van der Waals surface area contributed by atoms with E-state index in [4.69, 9.17) is 0 Å². The minimum Gasteiger partial charge on any atom is -0.345 e. The fraction of sp³-hybridized carbons (Fsp3) is 0.250. The lowest BCUT2D eigenvalue weighted by atomic mass is 10.2. The van der Waals surface area contributed by atoms with Gasteiger partial charge in [0.05, 0.1) is 6.04 Å². The van der Waals surface area contributed by atoms with Gasteiger partial charge in [0.25, 0.3) is 5.91 Å². The first-order chi connectivity index (χ1) is 8.08. The molecule has 3 nitrogen and oxygen atoms in total. The van der Waals surface area contributed by atoms with Crippen LogP contribution in [0.2, 0.25) is 0 Å². The molecule has 1 unspecified atom stereocenters. The van der Waals surface area contributed by atoms with Gasteiger partial charge < -0.3 is 9.88 Å². The Bertz CT molecular complexity index is 519. The van der Waals surface area contributed by atoms with Crippen LogP contribution in [-0.4, -0.2) is 10.5 Å². The maximum atomic E-state index is 12.0. The standard InChI is InChI=1S/C12H13BrN2OS/c1-8(9-3-4-17-7-9)14-12(16)11-5-10(13)6-15(11)2/h3-8H,1-2H3,(H,14,16). The van der Waals surface area contributed by atoms with Gasteiger partial charge in [0.1, 0.15) is 5.69 Å². The van der Waals surface area contributed by atoms with E-state index >= 15 is 0 Å². The highest BCUT2D eigenvalue weighted by Gasteiger charge is 2.14. The van der Waals surface area contributed by atoms with Crippen LogP contribution in [0.5, 0.6) is 0 Å². The lowest BCUT2D eigenvalue weighted by molar-refractivity contribution is 0.0932. The van der Waals surface area contributed by atoms with Gasteiger partial charge in [-0.25, -0.2) is 0 Å². The number of hydrogen-bond donors (Lipinski definition) is 1. The molecule has 0 fully saturated rings. The summed E-state index contributed by atoms with van der Waals surface area (Å²) < 4.78 is 2.72. The zero-order valence-electron chi connectivity index (χ0n) is 9.61. The molecule has 1 atom stereocenters. The van der Waals surface area contributed by atoms with Crippen molar-refractivity contribution in [2.24, 2.45) is 7.05 Å². The molecule has 5 heteroatoms. The molecule has 0 radical (unpaired) electrons. The van der Waals surface area contributed by atoms with E-state index in [-0.39, 0.29) is 11.9 Å². The summed E-state index contributed by atoms with van der Waals surface area (Å²) in [4.78, 5) is 12.0. The average molecular weight is 313 g/mol. The molecule has 0 bridgehead atoms. The predicted octanol–water partition coefficient (Wildman–Crippen LogP) is 3.34. The van der Waals surface area contributed by atoms with Gasteiger partial charge in [0.15, 0.2) is 0 Å². The maximum Gasteiger partial charge on any atom is 0.268 e. The number of hydrogen-bond acceptors (Lipinski definition) is 2. The van der Waals surface area contributed by atoms with Crippen molar-refractivity contribution in [2.45, 2.75) is 13.0 Å². The van der Waals surface area contributed by atoms with Crippen LogP contribution in [0.1, 0.15) is 29.0 Å². The molecule has 2 aromatic rings. The molecule has 2 rings (SSSR count). The molecule has 1 N–H and O–H groups in total. The number of aromatic nitrogens is 1. The van der Waals surface area contributed by atoms with E-state index in [9.17, 15) is 4.79 Å². The molecular weight excluding hydrogens is 300 g/mol. The second-order valence-corrected chi connectivity index (χ2v) is 5.60. The number of carbonyl (C=O) groups is 1. The summed E-state index contributed by atoms with van der Waals surface area (Å²) in [6.45, 7) is 1.98. The molecular formula is C12H13BrN2OS. The highest BCUT2D eigenvalue weighted by Crippen LogP contribution is 2.18. The summed E-state index contributed by atoms with van der Waals surface area (Å²) in [5.41, 5.74) is 1.79. The zero-order chi connectivity index (χ0) is 12.4. The van der Waals surface area contributed by atoms with Crippen molar-refractivity contribution in [2.75, 3.05) is 0 Å². The Morgan fingerprint density at radius 3 is 2.88 bits per heavy atom. The van der Waals surface area contributed by atoms with E-state index < -0.39 is 0 Å². The van der Waals surface area contributed by atoms with Crippen molar-refractivity contribution in [3.63, 3.8) is 0 Å². The van der Waals surface area contributed by atoms with E-state index in [1.807, 2.05) is 43.1 Å². The number of carbonyl (C=O) groups excluding carboxylic acids is 1.